The van der Waals surface area contributed by atoms with E-state index in [1.165, 1.54) is 0 Å². The van der Waals surface area contributed by atoms with Crippen molar-refractivity contribution in [2.75, 3.05) is 18.4 Å². The molecule has 0 saturated carbocycles. The van der Waals surface area contributed by atoms with Crippen LogP contribution in [-0.2, 0) is 4.79 Å². The molecule has 0 bridgehead atoms. The monoisotopic (exact) mass is 329 g/mol. The van der Waals surface area contributed by atoms with Crippen molar-refractivity contribution >= 4 is 44.7 Å². The molecule has 0 atom stereocenters. The Morgan fingerprint density at radius 2 is 2.22 bits per heavy atom. The Labute approximate surface area is 120 Å². The number of nitrogens with one attached hydrogen (secondary N) is 2. The van der Waals surface area contributed by atoms with Gasteiger partial charge >= 0.3 is 0 Å². The molecule has 0 heterocycles. The van der Waals surface area contributed by atoms with E-state index < -0.39 is 0 Å². The number of halogens is 1. The van der Waals surface area contributed by atoms with Crippen LogP contribution in [0, 0.1) is 0 Å². The van der Waals surface area contributed by atoms with Crippen LogP contribution in [0.15, 0.2) is 22.7 Å². The van der Waals surface area contributed by atoms with Gasteiger partial charge in [0, 0.05) is 35.2 Å². The smallest absolute Gasteiger partial charge is 0.221 e. The first kappa shape index (κ1) is 14.9. The number of amides is 1. The van der Waals surface area contributed by atoms with Gasteiger partial charge in [-0.25, -0.2) is 0 Å². The van der Waals surface area contributed by atoms with Gasteiger partial charge in [-0.05, 0) is 25.1 Å². The third kappa shape index (κ3) is 4.62. The number of nitrogens with two attached hydrogens (primary N) is 1. The molecule has 0 aliphatic carbocycles. The second kappa shape index (κ2) is 7.33. The average Bonchev–Trinajstić information content (AvgIpc) is 2.29. The van der Waals surface area contributed by atoms with Gasteiger partial charge in [0.25, 0.3) is 0 Å². The second-order valence-corrected chi connectivity index (χ2v) is 5.04. The number of benzene rings is 1. The summed E-state index contributed by atoms with van der Waals surface area (Å²) in [7, 11) is 0. The molecule has 0 spiro atoms. The highest BCUT2D eigenvalue weighted by Gasteiger charge is 2.06. The van der Waals surface area contributed by atoms with E-state index in [0.717, 1.165) is 15.7 Å². The topological polar surface area (TPSA) is 67.2 Å². The minimum atomic E-state index is 0.0249. The predicted molar refractivity (Wildman–Crippen MR) is 81.8 cm³/mol. The van der Waals surface area contributed by atoms with Crippen molar-refractivity contribution in [2.24, 2.45) is 5.73 Å². The Morgan fingerprint density at radius 3 is 2.83 bits per heavy atom. The second-order valence-electron chi connectivity index (χ2n) is 3.68. The molecule has 6 heteroatoms. The molecular formula is C12H16BrN3OS. The van der Waals surface area contributed by atoms with Gasteiger partial charge in [-0.3, -0.25) is 4.79 Å². The lowest BCUT2D eigenvalue weighted by Crippen LogP contribution is -2.25. The minimum absolute atomic E-state index is 0.0249. The largest absolute Gasteiger partial charge is 0.389 e. The number of hydrogen-bond donors (Lipinski definition) is 3. The minimum Gasteiger partial charge on any atom is -0.389 e. The Kier molecular flexibility index (Phi) is 6.07. The fraction of sp³-hybridized carbons (Fsp3) is 0.333. The molecule has 1 rings (SSSR count). The maximum absolute atomic E-state index is 11.3. The Balaban J connectivity index is 2.63. The fourth-order valence-electron chi connectivity index (χ4n) is 1.47. The molecule has 4 N–H and O–H groups in total. The standard InChI is InChI=1S/C12H16BrN3OS/c1-2-15-11(17)5-6-16-10-7-8(13)3-4-9(10)12(14)18/h3-4,7,16H,2,5-6H2,1H3,(H2,14,18)(H,15,17). The lowest BCUT2D eigenvalue weighted by Gasteiger charge is -2.11. The summed E-state index contributed by atoms with van der Waals surface area (Å²) >= 11 is 8.37. The van der Waals surface area contributed by atoms with Crippen molar-refractivity contribution in [1.82, 2.24) is 5.32 Å². The van der Waals surface area contributed by atoms with Crippen LogP contribution >= 0.6 is 28.1 Å². The SMILES string of the molecule is CCNC(=O)CCNc1cc(Br)ccc1C(N)=S. The van der Waals surface area contributed by atoms with Crippen molar-refractivity contribution in [1.29, 1.82) is 0 Å². The summed E-state index contributed by atoms with van der Waals surface area (Å²) in [4.78, 5) is 11.6. The van der Waals surface area contributed by atoms with Gasteiger partial charge in [-0.2, -0.15) is 0 Å². The van der Waals surface area contributed by atoms with E-state index >= 15 is 0 Å². The Bertz CT molecular complexity index is 451. The summed E-state index contributed by atoms with van der Waals surface area (Å²) in [6, 6.07) is 5.62. The molecule has 1 amide bonds. The van der Waals surface area contributed by atoms with Crippen molar-refractivity contribution in [2.45, 2.75) is 13.3 Å². The van der Waals surface area contributed by atoms with E-state index in [0.29, 0.717) is 24.5 Å². The third-order valence-electron chi connectivity index (χ3n) is 2.29. The Morgan fingerprint density at radius 1 is 1.50 bits per heavy atom. The first-order valence-electron chi connectivity index (χ1n) is 5.64. The molecule has 18 heavy (non-hydrogen) atoms. The third-order valence-corrected chi connectivity index (χ3v) is 3.00. The quantitative estimate of drug-likeness (QED) is 0.698. The molecule has 1 aromatic rings. The summed E-state index contributed by atoms with van der Waals surface area (Å²) in [5.41, 5.74) is 7.26. The summed E-state index contributed by atoms with van der Waals surface area (Å²) < 4.78 is 0.933. The summed E-state index contributed by atoms with van der Waals surface area (Å²) in [5.74, 6) is 0.0249. The molecule has 98 valence electrons. The maximum Gasteiger partial charge on any atom is 0.221 e. The van der Waals surface area contributed by atoms with E-state index in [1.54, 1.807) is 0 Å². The van der Waals surface area contributed by atoms with Crippen LogP contribution in [0.1, 0.15) is 18.9 Å². The highest BCUT2D eigenvalue weighted by Crippen LogP contribution is 2.21. The maximum atomic E-state index is 11.3. The van der Waals surface area contributed by atoms with Crippen molar-refractivity contribution in [3.63, 3.8) is 0 Å². The molecule has 0 fully saturated rings. The van der Waals surface area contributed by atoms with Crippen LogP contribution in [0.3, 0.4) is 0 Å². The number of thiocarbonyl (C=S) groups is 1. The van der Waals surface area contributed by atoms with Crippen LogP contribution in [0.4, 0.5) is 5.69 Å². The first-order valence-corrected chi connectivity index (χ1v) is 6.84. The van der Waals surface area contributed by atoms with E-state index in [9.17, 15) is 4.79 Å². The van der Waals surface area contributed by atoms with Gasteiger partial charge in [0.05, 0.1) is 0 Å². The molecule has 0 radical (unpaired) electrons. The average molecular weight is 330 g/mol. The van der Waals surface area contributed by atoms with Crippen molar-refractivity contribution in [3.8, 4) is 0 Å². The molecular weight excluding hydrogens is 314 g/mol. The fourth-order valence-corrected chi connectivity index (χ4v) is 2.01. The number of anilines is 1. The molecule has 0 saturated heterocycles. The van der Waals surface area contributed by atoms with Gasteiger partial charge in [0.2, 0.25) is 5.91 Å². The molecule has 0 unspecified atom stereocenters. The van der Waals surface area contributed by atoms with Gasteiger partial charge in [0.1, 0.15) is 4.99 Å². The van der Waals surface area contributed by atoms with Crippen LogP contribution in [0.2, 0.25) is 0 Å². The van der Waals surface area contributed by atoms with Crippen LogP contribution in [0.5, 0.6) is 0 Å². The molecule has 0 aliphatic rings. The molecule has 0 aromatic heterocycles. The zero-order valence-electron chi connectivity index (χ0n) is 10.1. The predicted octanol–water partition coefficient (Wildman–Crippen LogP) is 2.02. The van der Waals surface area contributed by atoms with Gasteiger partial charge in [0.15, 0.2) is 0 Å². The summed E-state index contributed by atoms with van der Waals surface area (Å²) in [5, 5.41) is 5.91. The van der Waals surface area contributed by atoms with Crippen molar-refractivity contribution in [3.05, 3.63) is 28.2 Å². The lowest BCUT2D eigenvalue weighted by molar-refractivity contribution is -0.120. The highest BCUT2D eigenvalue weighted by molar-refractivity contribution is 9.10. The first-order chi connectivity index (χ1) is 8.54. The van der Waals surface area contributed by atoms with Gasteiger partial charge in [-0.1, -0.05) is 28.1 Å². The van der Waals surface area contributed by atoms with E-state index in [2.05, 4.69) is 26.6 Å². The van der Waals surface area contributed by atoms with E-state index in [1.807, 2.05) is 25.1 Å². The lowest BCUT2D eigenvalue weighted by atomic mass is 10.1. The summed E-state index contributed by atoms with van der Waals surface area (Å²) in [6.45, 7) is 3.08. The number of carbonyl (C=O) groups is 1. The Hall–Kier alpha value is -1.14. The highest BCUT2D eigenvalue weighted by atomic mass is 79.9. The van der Waals surface area contributed by atoms with Crippen LogP contribution in [0.25, 0.3) is 0 Å². The molecule has 4 nitrogen and oxygen atoms in total. The number of rotatable bonds is 6. The van der Waals surface area contributed by atoms with Gasteiger partial charge in [-0.15, -0.1) is 0 Å². The zero-order chi connectivity index (χ0) is 13.5. The normalized spacial score (nSPS) is 9.89. The van der Waals surface area contributed by atoms with Crippen molar-refractivity contribution < 1.29 is 4.79 Å². The summed E-state index contributed by atoms with van der Waals surface area (Å²) in [6.07, 6.45) is 0.414. The van der Waals surface area contributed by atoms with E-state index in [4.69, 9.17) is 18.0 Å². The van der Waals surface area contributed by atoms with Crippen LogP contribution in [-0.4, -0.2) is 24.0 Å². The molecule has 0 aliphatic heterocycles. The van der Waals surface area contributed by atoms with Crippen LogP contribution < -0.4 is 16.4 Å². The zero-order valence-corrected chi connectivity index (χ0v) is 12.5. The molecule has 1 aromatic carbocycles. The van der Waals surface area contributed by atoms with Gasteiger partial charge < -0.3 is 16.4 Å². The number of carbonyl (C=O) groups excluding carboxylic acids is 1. The van der Waals surface area contributed by atoms with E-state index in [-0.39, 0.29) is 5.91 Å². The number of hydrogen-bond acceptors (Lipinski definition) is 3.